The van der Waals surface area contributed by atoms with Gasteiger partial charge >= 0.3 is 0 Å². The minimum absolute atomic E-state index is 0.389. The lowest BCUT2D eigenvalue weighted by atomic mass is 10.0. The van der Waals surface area contributed by atoms with Crippen LogP contribution in [0.25, 0.3) is 22.3 Å². The van der Waals surface area contributed by atoms with Crippen LogP contribution in [0.5, 0.6) is 0 Å². The lowest BCUT2D eigenvalue weighted by Gasteiger charge is -2.16. The molecule has 0 saturated carbocycles. The Morgan fingerprint density at radius 3 is 1.50 bits per heavy atom. The summed E-state index contributed by atoms with van der Waals surface area (Å²) in [5.74, 6) is 0. The highest BCUT2D eigenvalue weighted by Crippen LogP contribution is 2.29. The minimum atomic E-state index is 0.389. The van der Waals surface area contributed by atoms with E-state index in [1.807, 2.05) is 12.1 Å². The van der Waals surface area contributed by atoms with Crippen molar-refractivity contribution in [2.75, 3.05) is 0 Å². The van der Waals surface area contributed by atoms with Crippen LogP contribution < -0.4 is 0 Å². The molecule has 0 radical (unpaired) electrons. The molecular weight excluding hydrogens is 286 g/mol. The zero-order valence-corrected chi connectivity index (χ0v) is 13.7. The van der Waals surface area contributed by atoms with Crippen LogP contribution in [0.15, 0.2) is 73.1 Å². The molecule has 22 heavy (non-hydrogen) atoms. The van der Waals surface area contributed by atoms with E-state index in [-0.39, 0.29) is 0 Å². The Kier molecular flexibility index (Phi) is 4.21. The maximum Gasteiger partial charge on any atom is 0.0563 e. The quantitative estimate of drug-likeness (QED) is 0.527. The zero-order valence-electron chi connectivity index (χ0n) is 12.9. The van der Waals surface area contributed by atoms with Gasteiger partial charge in [0.1, 0.15) is 0 Å². The van der Waals surface area contributed by atoms with Crippen LogP contribution in [0, 0.1) is 4.51 Å². The average Bonchev–Trinajstić information content (AvgIpc) is 2.56. The Labute approximate surface area is 136 Å². The second-order valence-corrected chi connectivity index (χ2v) is 6.10. The van der Waals surface area contributed by atoms with Crippen molar-refractivity contribution in [3.8, 4) is 22.3 Å². The van der Waals surface area contributed by atoms with Crippen LogP contribution in [0.1, 0.15) is 19.9 Å². The van der Waals surface area contributed by atoms with Crippen molar-refractivity contribution in [3.63, 3.8) is 0 Å². The number of hydrogen-bond donors (Lipinski definition) is 0. The molecular formula is C20H19NS. The number of hydrogen-bond acceptors (Lipinski definition) is 1. The third-order valence-corrected chi connectivity index (χ3v) is 4.25. The van der Waals surface area contributed by atoms with Gasteiger partial charge in [0, 0.05) is 29.6 Å². The fourth-order valence-corrected chi connectivity index (χ4v) is 2.88. The molecule has 1 aromatic heterocycles. The molecule has 1 heterocycles. The smallest absolute Gasteiger partial charge is 0.0563 e. The van der Waals surface area contributed by atoms with Crippen molar-refractivity contribution in [1.29, 1.82) is 0 Å². The van der Waals surface area contributed by atoms with Crippen molar-refractivity contribution in [2.24, 2.45) is 0 Å². The van der Waals surface area contributed by atoms with E-state index in [1.165, 1.54) is 11.1 Å². The first-order valence-corrected chi connectivity index (χ1v) is 7.94. The Morgan fingerprint density at radius 2 is 1.14 bits per heavy atom. The van der Waals surface area contributed by atoms with E-state index in [4.69, 9.17) is 12.2 Å². The highest BCUT2D eigenvalue weighted by atomic mass is 32.1. The van der Waals surface area contributed by atoms with Crippen LogP contribution >= 0.6 is 12.2 Å². The fourth-order valence-electron chi connectivity index (χ4n) is 2.54. The van der Waals surface area contributed by atoms with Crippen LogP contribution in [0.4, 0.5) is 0 Å². The summed E-state index contributed by atoms with van der Waals surface area (Å²) in [6, 6.07) is 21.1. The average molecular weight is 305 g/mol. The summed E-state index contributed by atoms with van der Waals surface area (Å²) < 4.78 is 3.15. The molecule has 3 aromatic rings. The van der Waals surface area contributed by atoms with Crippen molar-refractivity contribution in [1.82, 2.24) is 4.57 Å². The van der Waals surface area contributed by atoms with E-state index in [1.54, 1.807) is 0 Å². The molecule has 0 spiro atoms. The molecule has 0 aliphatic rings. The summed E-state index contributed by atoms with van der Waals surface area (Å²) in [6.45, 7) is 4.37. The highest BCUT2D eigenvalue weighted by molar-refractivity contribution is 7.71. The van der Waals surface area contributed by atoms with Gasteiger partial charge in [-0.1, -0.05) is 72.9 Å². The molecule has 0 aliphatic heterocycles. The van der Waals surface area contributed by atoms with Crippen molar-refractivity contribution < 1.29 is 0 Å². The van der Waals surface area contributed by atoms with Crippen molar-refractivity contribution in [2.45, 2.75) is 19.9 Å². The van der Waals surface area contributed by atoms with E-state index >= 15 is 0 Å². The van der Waals surface area contributed by atoms with E-state index in [0.717, 1.165) is 15.6 Å². The summed E-state index contributed by atoms with van der Waals surface area (Å²) >= 11 is 5.79. The molecule has 0 aliphatic carbocycles. The summed E-state index contributed by atoms with van der Waals surface area (Å²) in [4.78, 5) is 0. The Hall–Kier alpha value is -2.19. The van der Waals surface area contributed by atoms with Gasteiger partial charge in [-0.3, -0.25) is 0 Å². The predicted octanol–water partition coefficient (Wildman–Crippen LogP) is 6.13. The molecule has 0 bridgehead atoms. The summed E-state index contributed by atoms with van der Waals surface area (Å²) in [5, 5.41) is 0. The van der Waals surface area contributed by atoms with Crippen molar-refractivity contribution in [3.05, 3.63) is 77.6 Å². The molecule has 1 nitrogen and oxygen atoms in total. The number of aromatic nitrogens is 1. The van der Waals surface area contributed by atoms with Crippen LogP contribution in [-0.4, -0.2) is 4.57 Å². The molecule has 2 aromatic carbocycles. The lowest BCUT2D eigenvalue weighted by molar-refractivity contribution is 0.598. The molecule has 0 unspecified atom stereocenters. The zero-order chi connectivity index (χ0) is 15.5. The van der Waals surface area contributed by atoms with Crippen LogP contribution in [-0.2, 0) is 0 Å². The second kappa shape index (κ2) is 6.29. The molecule has 110 valence electrons. The first kappa shape index (κ1) is 14.7. The standard InChI is InChI=1S/C20H19NS/c1-15(2)21-13-18(16-9-5-3-6-10-16)20(22)19(14-21)17-11-7-4-8-12-17/h3-15H,1-2H3. The minimum Gasteiger partial charge on any atom is -0.350 e. The van der Waals surface area contributed by atoms with Crippen LogP contribution in [0.2, 0.25) is 0 Å². The molecule has 2 heteroatoms. The van der Waals surface area contributed by atoms with Gasteiger partial charge in [0.2, 0.25) is 0 Å². The maximum absolute atomic E-state index is 5.79. The van der Waals surface area contributed by atoms with E-state index < -0.39 is 0 Å². The first-order chi connectivity index (χ1) is 10.7. The molecule has 3 rings (SSSR count). The highest BCUT2D eigenvalue weighted by Gasteiger charge is 2.09. The molecule has 0 atom stereocenters. The molecule has 0 saturated heterocycles. The van der Waals surface area contributed by atoms with Gasteiger partial charge < -0.3 is 4.57 Å². The number of nitrogens with zero attached hydrogens (tertiary/aromatic N) is 1. The van der Waals surface area contributed by atoms with Gasteiger partial charge in [-0.2, -0.15) is 0 Å². The van der Waals surface area contributed by atoms with Crippen molar-refractivity contribution >= 4 is 12.2 Å². The number of benzene rings is 2. The van der Waals surface area contributed by atoms with E-state index in [9.17, 15) is 0 Å². The van der Waals surface area contributed by atoms with Gasteiger partial charge in [0.15, 0.2) is 0 Å². The summed E-state index contributed by atoms with van der Waals surface area (Å²) in [7, 11) is 0. The molecule has 0 amide bonds. The predicted molar refractivity (Wildman–Crippen MR) is 96.5 cm³/mol. The third-order valence-electron chi connectivity index (χ3n) is 3.81. The second-order valence-electron chi connectivity index (χ2n) is 5.69. The van der Waals surface area contributed by atoms with Gasteiger partial charge in [-0.05, 0) is 25.0 Å². The maximum atomic E-state index is 5.79. The van der Waals surface area contributed by atoms with E-state index in [0.29, 0.717) is 6.04 Å². The summed E-state index contributed by atoms with van der Waals surface area (Å²) in [5.41, 5.74) is 4.57. The number of pyridine rings is 1. The first-order valence-electron chi connectivity index (χ1n) is 7.53. The van der Waals surface area contributed by atoms with Gasteiger partial charge in [0.25, 0.3) is 0 Å². The Balaban J connectivity index is 2.28. The molecule has 0 N–H and O–H groups in total. The van der Waals surface area contributed by atoms with Crippen LogP contribution in [0.3, 0.4) is 0 Å². The Bertz CT molecular complexity index is 754. The number of rotatable bonds is 3. The lowest BCUT2D eigenvalue weighted by Crippen LogP contribution is -2.03. The summed E-state index contributed by atoms with van der Waals surface area (Å²) in [6.07, 6.45) is 4.32. The van der Waals surface area contributed by atoms with E-state index in [2.05, 4.69) is 79.3 Å². The topological polar surface area (TPSA) is 4.93 Å². The SMILES string of the molecule is CC(C)n1cc(-c2ccccc2)c(=S)c(-c2ccccc2)c1. The van der Waals surface area contributed by atoms with Gasteiger partial charge in [-0.25, -0.2) is 0 Å². The fraction of sp³-hybridized carbons (Fsp3) is 0.150. The van der Waals surface area contributed by atoms with Gasteiger partial charge in [-0.15, -0.1) is 0 Å². The molecule has 0 fully saturated rings. The van der Waals surface area contributed by atoms with Gasteiger partial charge in [0.05, 0.1) is 4.51 Å². The largest absolute Gasteiger partial charge is 0.350 e. The monoisotopic (exact) mass is 305 g/mol. The third kappa shape index (κ3) is 2.88. The Morgan fingerprint density at radius 1 is 0.727 bits per heavy atom. The normalized spacial score (nSPS) is 10.9.